The van der Waals surface area contributed by atoms with Gasteiger partial charge in [-0.3, -0.25) is 9.78 Å². The molecule has 0 aromatic carbocycles. The van der Waals surface area contributed by atoms with Crippen LogP contribution in [0.15, 0.2) is 60.3 Å². The fourth-order valence-corrected chi connectivity index (χ4v) is 2.83. The monoisotopic (exact) mass is 335 g/mol. The van der Waals surface area contributed by atoms with Gasteiger partial charge in [-0.05, 0) is 35.0 Å². The number of amides is 1. The zero-order chi connectivity index (χ0) is 17.2. The summed E-state index contributed by atoms with van der Waals surface area (Å²) in [7, 11) is 0. The van der Waals surface area contributed by atoms with E-state index in [9.17, 15) is 4.79 Å². The van der Waals surface area contributed by atoms with Crippen molar-refractivity contribution in [1.29, 1.82) is 0 Å². The molecule has 0 saturated heterocycles. The van der Waals surface area contributed by atoms with Gasteiger partial charge in [0.25, 0.3) is 5.91 Å². The lowest BCUT2D eigenvalue weighted by molar-refractivity contribution is -0.378. The lowest BCUT2D eigenvalue weighted by Gasteiger charge is -2.27. The van der Waals surface area contributed by atoms with E-state index in [2.05, 4.69) is 36.1 Å². The summed E-state index contributed by atoms with van der Waals surface area (Å²) in [5.74, 6) is 0.255. The largest absolute Gasteiger partial charge is 0.326 e. The SMILES string of the molecule is CC1=C(C(=O)Nc2cccnc2)C(c2cc[nH+]cc2)n2nnnc2N1. The van der Waals surface area contributed by atoms with E-state index < -0.39 is 6.04 Å². The first kappa shape index (κ1) is 14.9. The number of H-pyrrole nitrogens is 1. The Morgan fingerprint density at radius 1 is 1.32 bits per heavy atom. The number of fused-ring (bicyclic) bond motifs is 1. The smallest absolute Gasteiger partial charge is 0.255 e. The van der Waals surface area contributed by atoms with Crippen LogP contribution in [0.25, 0.3) is 0 Å². The maximum absolute atomic E-state index is 13.0. The van der Waals surface area contributed by atoms with Gasteiger partial charge in [-0.1, -0.05) is 5.10 Å². The van der Waals surface area contributed by atoms with Gasteiger partial charge in [0, 0.05) is 24.0 Å². The Labute approximate surface area is 142 Å². The second-order valence-corrected chi connectivity index (χ2v) is 5.54. The first-order valence-corrected chi connectivity index (χ1v) is 7.67. The van der Waals surface area contributed by atoms with Gasteiger partial charge >= 0.3 is 0 Å². The molecule has 4 heterocycles. The number of rotatable bonds is 3. The number of nitrogens with zero attached hydrogens (tertiary/aromatic N) is 5. The van der Waals surface area contributed by atoms with Gasteiger partial charge in [0.15, 0.2) is 12.4 Å². The normalized spacial score (nSPS) is 16.1. The summed E-state index contributed by atoms with van der Waals surface area (Å²) >= 11 is 0. The summed E-state index contributed by atoms with van der Waals surface area (Å²) in [5, 5.41) is 17.7. The number of nitrogens with one attached hydrogen (secondary N) is 3. The number of tetrazole rings is 1. The van der Waals surface area contributed by atoms with Crippen LogP contribution in [-0.2, 0) is 4.79 Å². The number of carbonyl (C=O) groups is 1. The summed E-state index contributed by atoms with van der Waals surface area (Å²) in [4.78, 5) is 20.0. The number of aromatic nitrogens is 6. The molecule has 3 aromatic rings. The van der Waals surface area contributed by atoms with E-state index in [1.807, 2.05) is 19.1 Å². The van der Waals surface area contributed by atoms with E-state index in [1.54, 1.807) is 41.6 Å². The molecule has 0 aliphatic carbocycles. The molecule has 0 fully saturated rings. The third-order valence-electron chi connectivity index (χ3n) is 3.94. The van der Waals surface area contributed by atoms with E-state index in [0.717, 1.165) is 5.56 Å². The number of allylic oxidation sites excluding steroid dienone is 1. The molecule has 1 aliphatic heterocycles. The van der Waals surface area contributed by atoms with Crippen molar-refractivity contribution in [3.05, 3.63) is 65.9 Å². The van der Waals surface area contributed by atoms with Crippen LogP contribution in [0, 0.1) is 0 Å². The van der Waals surface area contributed by atoms with Crippen molar-refractivity contribution >= 4 is 17.5 Å². The first-order valence-electron chi connectivity index (χ1n) is 7.67. The van der Waals surface area contributed by atoms with Crippen molar-refractivity contribution in [2.24, 2.45) is 0 Å². The highest BCUT2D eigenvalue weighted by Crippen LogP contribution is 2.34. The minimum absolute atomic E-state index is 0.239. The zero-order valence-corrected chi connectivity index (χ0v) is 13.3. The highest BCUT2D eigenvalue weighted by Gasteiger charge is 2.34. The molecule has 1 unspecified atom stereocenters. The van der Waals surface area contributed by atoms with Crippen molar-refractivity contribution in [3.8, 4) is 0 Å². The molecule has 3 aromatic heterocycles. The molecule has 0 saturated carbocycles. The van der Waals surface area contributed by atoms with Crippen LogP contribution in [-0.4, -0.2) is 31.1 Å². The number of carbonyl (C=O) groups excluding carboxylic acids is 1. The van der Waals surface area contributed by atoms with Gasteiger partial charge < -0.3 is 10.6 Å². The number of aromatic amines is 1. The molecule has 4 rings (SSSR count). The molecule has 0 radical (unpaired) electrons. The Kier molecular flexibility index (Phi) is 3.65. The number of pyridine rings is 2. The predicted octanol–water partition coefficient (Wildman–Crippen LogP) is 0.810. The van der Waals surface area contributed by atoms with E-state index in [4.69, 9.17) is 0 Å². The lowest BCUT2D eigenvalue weighted by Crippen LogP contribution is -2.31. The van der Waals surface area contributed by atoms with Gasteiger partial charge in [-0.25, -0.2) is 4.98 Å². The maximum Gasteiger partial charge on any atom is 0.255 e. The first-order chi connectivity index (χ1) is 12.2. The third kappa shape index (κ3) is 2.71. The van der Waals surface area contributed by atoms with Gasteiger partial charge in [-0.2, -0.15) is 4.68 Å². The average molecular weight is 335 g/mol. The summed E-state index contributed by atoms with van der Waals surface area (Å²) in [6, 6.07) is 6.90. The van der Waals surface area contributed by atoms with Crippen molar-refractivity contribution in [2.75, 3.05) is 10.6 Å². The molecule has 1 aliphatic rings. The Morgan fingerprint density at radius 2 is 2.16 bits per heavy atom. The molecule has 1 atom stereocenters. The standard InChI is InChI=1S/C16H14N8O/c1-10-13(15(25)20-12-3-2-6-18-9-12)14(11-4-7-17-8-5-11)24-16(19-10)21-22-23-24/h2-9,14H,1H3,(H,20,25)(H,19,21,23)/p+1. The zero-order valence-electron chi connectivity index (χ0n) is 13.3. The fourth-order valence-electron chi connectivity index (χ4n) is 2.83. The summed E-state index contributed by atoms with van der Waals surface area (Å²) < 4.78 is 1.60. The van der Waals surface area contributed by atoms with Crippen molar-refractivity contribution in [2.45, 2.75) is 13.0 Å². The van der Waals surface area contributed by atoms with E-state index in [1.165, 1.54) is 0 Å². The number of hydrogen-bond donors (Lipinski definition) is 2. The molecule has 124 valence electrons. The molecular formula is C16H15N8O+. The van der Waals surface area contributed by atoms with Crippen molar-refractivity contribution < 1.29 is 9.78 Å². The number of anilines is 2. The second kappa shape index (κ2) is 6.11. The highest BCUT2D eigenvalue weighted by atomic mass is 16.1. The predicted molar refractivity (Wildman–Crippen MR) is 88.1 cm³/mol. The molecule has 1 amide bonds. The molecule has 0 bridgehead atoms. The third-order valence-corrected chi connectivity index (χ3v) is 3.94. The summed E-state index contributed by atoms with van der Waals surface area (Å²) in [6.45, 7) is 1.83. The van der Waals surface area contributed by atoms with Crippen LogP contribution in [0.5, 0.6) is 0 Å². The van der Waals surface area contributed by atoms with Gasteiger partial charge in [0.1, 0.15) is 6.04 Å². The molecule has 9 nitrogen and oxygen atoms in total. The summed E-state index contributed by atoms with van der Waals surface area (Å²) in [5.41, 5.74) is 2.75. The van der Waals surface area contributed by atoms with Gasteiger partial charge in [0.2, 0.25) is 5.95 Å². The maximum atomic E-state index is 13.0. The number of hydrogen-bond acceptors (Lipinski definition) is 6. The second-order valence-electron chi connectivity index (χ2n) is 5.54. The molecular weight excluding hydrogens is 320 g/mol. The Balaban J connectivity index is 1.77. The highest BCUT2D eigenvalue weighted by molar-refractivity contribution is 6.05. The average Bonchev–Trinajstić information content (AvgIpc) is 3.10. The minimum atomic E-state index is -0.433. The molecule has 9 heteroatoms. The van der Waals surface area contributed by atoms with E-state index in [0.29, 0.717) is 22.9 Å². The molecule has 3 N–H and O–H groups in total. The van der Waals surface area contributed by atoms with Gasteiger partial charge in [0.05, 0.1) is 17.5 Å². The van der Waals surface area contributed by atoms with Crippen molar-refractivity contribution in [1.82, 2.24) is 25.2 Å². The summed E-state index contributed by atoms with van der Waals surface area (Å²) in [6.07, 6.45) is 6.85. The Bertz CT molecular complexity index is 935. The van der Waals surface area contributed by atoms with Crippen LogP contribution in [0.2, 0.25) is 0 Å². The Morgan fingerprint density at radius 3 is 2.92 bits per heavy atom. The Hall–Kier alpha value is -3.62. The van der Waals surface area contributed by atoms with E-state index >= 15 is 0 Å². The quantitative estimate of drug-likeness (QED) is 0.732. The lowest BCUT2D eigenvalue weighted by atomic mass is 9.96. The fraction of sp³-hybridized carbons (Fsp3) is 0.125. The molecule has 0 spiro atoms. The van der Waals surface area contributed by atoms with Crippen LogP contribution in [0.4, 0.5) is 11.6 Å². The van der Waals surface area contributed by atoms with E-state index in [-0.39, 0.29) is 5.91 Å². The van der Waals surface area contributed by atoms with Crippen LogP contribution in [0.3, 0.4) is 0 Å². The van der Waals surface area contributed by atoms with Crippen molar-refractivity contribution in [3.63, 3.8) is 0 Å². The van der Waals surface area contributed by atoms with Crippen LogP contribution >= 0.6 is 0 Å². The van der Waals surface area contributed by atoms with Crippen LogP contribution in [0.1, 0.15) is 18.5 Å². The molecule has 25 heavy (non-hydrogen) atoms. The minimum Gasteiger partial charge on any atom is -0.326 e. The van der Waals surface area contributed by atoms with Crippen LogP contribution < -0.4 is 15.6 Å². The van der Waals surface area contributed by atoms with Gasteiger partial charge in [-0.15, -0.1) is 0 Å². The topological polar surface area (TPSA) is 112 Å².